The number of hydrogen-bond acceptors (Lipinski definition) is 0. The van der Waals surface area contributed by atoms with Crippen molar-refractivity contribution in [2.75, 3.05) is 0 Å². The van der Waals surface area contributed by atoms with E-state index < -0.39 is 15.8 Å². The van der Waals surface area contributed by atoms with Crippen LogP contribution in [0.15, 0.2) is 103 Å². The van der Waals surface area contributed by atoms with Gasteiger partial charge in [0.1, 0.15) is 0 Å². The fourth-order valence-electron chi connectivity index (χ4n) is 8.04. The average Bonchev–Trinajstić information content (AvgIpc) is 3.00. The maximum absolute atomic E-state index is 2.60. The van der Waals surface area contributed by atoms with Gasteiger partial charge in [-0.2, -0.15) is 0 Å². The molecule has 0 saturated heterocycles. The maximum atomic E-state index is 2.60. The van der Waals surface area contributed by atoms with Crippen LogP contribution in [0, 0.1) is 6.92 Å². The van der Waals surface area contributed by atoms with Gasteiger partial charge in [0, 0.05) is 4.90 Å². The third-order valence-electron chi connectivity index (χ3n) is 9.72. The number of benzene rings is 3. The summed E-state index contributed by atoms with van der Waals surface area (Å²) in [5.41, 5.74) is 7.76. The van der Waals surface area contributed by atoms with E-state index in [1.807, 2.05) is 0 Å². The van der Waals surface area contributed by atoms with Crippen LogP contribution in [0.5, 0.6) is 0 Å². The summed E-state index contributed by atoms with van der Waals surface area (Å²) >= 11 is 0. The first-order valence-corrected chi connectivity index (χ1v) is 18.6. The molecule has 3 aliphatic rings. The second-order valence-electron chi connectivity index (χ2n) is 12.3. The van der Waals surface area contributed by atoms with Crippen LogP contribution >= 0.6 is 15.8 Å². The van der Waals surface area contributed by atoms with Crippen LogP contribution in [0.2, 0.25) is 0 Å². The van der Waals surface area contributed by atoms with Gasteiger partial charge in [-0.15, -0.1) is 0 Å². The van der Waals surface area contributed by atoms with Gasteiger partial charge >= 0.3 is 0 Å². The van der Waals surface area contributed by atoms with Crippen molar-refractivity contribution < 1.29 is 0 Å². The first kappa shape index (κ1) is 28.1. The molecule has 208 valence electrons. The van der Waals surface area contributed by atoms with E-state index in [1.165, 1.54) is 87.3 Å². The van der Waals surface area contributed by atoms with Crippen LogP contribution in [0.4, 0.5) is 0 Å². The Morgan fingerprint density at radius 1 is 0.575 bits per heavy atom. The Morgan fingerprint density at radius 3 is 1.55 bits per heavy atom. The van der Waals surface area contributed by atoms with E-state index >= 15 is 0 Å². The number of aryl methyl sites for hydroxylation is 1. The molecule has 0 spiro atoms. The van der Waals surface area contributed by atoms with Crippen LogP contribution < -0.4 is 10.6 Å². The van der Waals surface area contributed by atoms with Crippen molar-refractivity contribution in [2.24, 2.45) is 0 Å². The summed E-state index contributed by atoms with van der Waals surface area (Å²) in [5, 5.41) is 3.30. The minimum absolute atomic E-state index is 0.141. The lowest BCUT2D eigenvalue weighted by atomic mass is 9.89. The van der Waals surface area contributed by atoms with Crippen molar-refractivity contribution in [3.8, 4) is 0 Å². The molecular formula is C38H46P2. The van der Waals surface area contributed by atoms with Gasteiger partial charge in [-0.1, -0.05) is 151 Å². The predicted octanol–water partition coefficient (Wildman–Crippen LogP) is 10.7. The number of rotatable bonds is 7. The molecule has 6 rings (SSSR count). The number of allylic oxidation sites excluding steroid dienone is 4. The zero-order chi connectivity index (χ0) is 27.4. The van der Waals surface area contributed by atoms with E-state index in [0.29, 0.717) is 0 Å². The third-order valence-corrected chi connectivity index (χ3v) is 17.6. The average molecular weight is 565 g/mol. The van der Waals surface area contributed by atoms with Crippen molar-refractivity contribution in [3.63, 3.8) is 0 Å². The highest BCUT2D eigenvalue weighted by molar-refractivity contribution is 7.86. The highest BCUT2D eigenvalue weighted by atomic mass is 31.2. The first-order chi connectivity index (χ1) is 19.7. The normalized spacial score (nSPS) is 24.1. The molecule has 2 heteroatoms. The smallest absolute Gasteiger partial charge is 0.0481 e. The van der Waals surface area contributed by atoms with Gasteiger partial charge in [0.15, 0.2) is 0 Å². The fourth-order valence-corrected chi connectivity index (χ4v) is 18.0. The summed E-state index contributed by atoms with van der Waals surface area (Å²) in [6, 6.07) is 33.2. The molecule has 0 aromatic heterocycles. The van der Waals surface area contributed by atoms with Gasteiger partial charge in [-0.05, 0) is 90.2 Å². The van der Waals surface area contributed by atoms with E-state index in [9.17, 15) is 0 Å². The first-order valence-electron chi connectivity index (χ1n) is 15.8. The Balaban J connectivity index is 1.68. The van der Waals surface area contributed by atoms with Crippen LogP contribution in [-0.4, -0.2) is 16.2 Å². The van der Waals surface area contributed by atoms with Crippen molar-refractivity contribution in [1.29, 1.82) is 0 Å². The predicted molar refractivity (Wildman–Crippen MR) is 180 cm³/mol. The monoisotopic (exact) mass is 564 g/mol. The summed E-state index contributed by atoms with van der Waals surface area (Å²) < 4.78 is 0. The van der Waals surface area contributed by atoms with E-state index in [0.717, 1.165) is 11.3 Å². The second kappa shape index (κ2) is 12.9. The molecule has 3 aliphatic carbocycles. The van der Waals surface area contributed by atoms with E-state index in [4.69, 9.17) is 0 Å². The molecule has 0 heterocycles. The van der Waals surface area contributed by atoms with Crippen molar-refractivity contribution in [2.45, 2.75) is 101 Å². The topological polar surface area (TPSA) is 0 Å². The van der Waals surface area contributed by atoms with Crippen molar-refractivity contribution >= 4 is 32.0 Å². The summed E-state index contributed by atoms with van der Waals surface area (Å²) in [5.74, 6) is 0. The molecule has 0 amide bonds. The van der Waals surface area contributed by atoms with E-state index in [-0.39, 0.29) is 4.90 Å². The fraction of sp³-hybridized carbons (Fsp3) is 0.421. The molecule has 2 saturated carbocycles. The van der Waals surface area contributed by atoms with Gasteiger partial charge in [-0.3, -0.25) is 0 Å². The van der Waals surface area contributed by atoms with Crippen molar-refractivity contribution in [1.82, 2.24) is 0 Å². The van der Waals surface area contributed by atoms with Gasteiger partial charge in [0.05, 0.1) is 0 Å². The lowest BCUT2D eigenvalue weighted by molar-refractivity contribution is 0.505. The molecule has 0 bridgehead atoms. The van der Waals surface area contributed by atoms with Gasteiger partial charge < -0.3 is 0 Å². The Labute approximate surface area is 245 Å². The molecule has 2 fully saturated rings. The Bertz CT molecular complexity index is 1250. The molecule has 2 atom stereocenters. The van der Waals surface area contributed by atoms with E-state index in [2.05, 4.69) is 111 Å². The Kier molecular flexibility index (Phi) is 9.06. The maximum Gasteiger partial charge on any atom is 0.0481 e. The molecular weight excluding hydrogens is 518 g/mol. The molecule has 40 heavy (non-hydrogen) atoms. The van der Waals surface area contributed by atoms with Gasteiger partial charge in [0.25, 0.3) is 0 Å². The quantitative estimate of drug-likeness (QED) is 0.250. The standard InChI is InChI=1S/C38H46P2/c1-30-18-15-16-28-36(30)37-31(2)19-17-29-38(37,39(32-20-7-3-8-21-32)33-22-9-4-10-23-33)40(34-24-11-5-12-25-34)35-26-13-6-14-27-35/h3,5,7-8,11-12,15-21,24-25,28,33,35H,4,6,9-10,13-14,22-23,26-27,29H2,1-2H3. The van der Waals surface area contributed by atoms with E-state index in [1.54, 1.807) is 16.2 Å². The highest BCUT2D eigenvalue weighted by Gasteiger charge is 2.54. The lowest BCUT2D eigenvalue weighted by Gasteiger charge is -2.56. The molecule has 0 radical (unpaired) electrons. The summed E-state index contributed by atoms with van der Waals surface area (Å²) in [6.45, 7) is 4.79. The summed E-state index contributed by atoms with van der Waals surface area (Å²) in [4.78, 5) is 0.141. The molecule has 3 aromatic rings. The largest absolute Gasteiger partial charge is 0.0826 e. The lowest BCUT2D eigenvalue weighted by Crippen LogP contribution is -2.42. The van der Waals surface area contributed by atoms with Crippen LogP contribution in [-0.2, 0) is 0 Å². The zero-order valence-corrected chi connectivity index (χ0v) is 26.4. The number of hydrogen-bond donors (Lipinski definition) is 0. The zero-order valence-electron chi connectivity index (χ0n) is 24.6. The third kappa shape index (κ3) is 5.44. The molecule has 0 aliphatic heterocycles. The highest BCUT2D eigenvalue weighted by Crippen LogP contribution is 2.78. The van der Waals surface area contributed by atoms with Crippen molar-refractivity contribution in [3.05, 3.63) is 114 Å². The molecule has 0 N–H and O–H groups in total. The second-order valence-corrected chi connectivity index (χ2v) is 18.1. The van der Waals surface area contributed by atoms with Crippen LogP contribution in [0.1, 0.15) is 88.7 Å². The minimum Gasteiger partial charge on any atom is -0.0826 e. The summed E-state index contributed by atoms with van der Waals surface area (Å²) in [7, 11) is -0.893. The molecule has 0 nitrogen and oxygen atoms in total. The SMILES string of the molecule is CC1=C(c2ccccc2C)C(P(c2ccccc2)C2CCCCC2)(P(c2ccccc2)C2CCCCC2)CC=C1. The van der Waals surface area contributed by atoms with Crippen LogP contribution in [0.3, 0.4) is 0 Å². The van der Waals surface area contributed by atoms with Gasteiger partial charge in [-0.25, -0.2) is 0 Å². The molecule has 3 aromatic carbocycles. The summed E-state index contributed by atoms with van der Waals surface area (Å²) in [6.07, 6.45) is 20.3. The van der Waals surface area contributed by atoms with Gasteiger partial charge in [0.2, 0.25) is 0 Å². The molecule has 2 unspecified atom stereocenters. The minimum atomic E-state index is -0.446. The van der Waals surface area contributed by atoms with Crippen LogP contribution in [0.25, 0.3) is 5.57 Å². The Hall–Kier alpha value is -2.00. The Morgan fingerprint density at radius 2 is 1.05 bits per heavy atom.